The Morgan fingerprint density at radius 2 is 2.04 bits per heavy atom. The molecular formula is C17H20N2O4S. The molecule has 1 aromatic heterocycles. The molecule has 128 valence electrons. The molecule has 0 aliphatic carbocycles. The fraction of sp³-hybridized carbons (Fsp3) is 0.412. The molecule has 1 amide bonds. The van der Waals surface area contributed by atoms with Crippen molar-refractivity contribution in [2.24, 2.45) is 0 Å². The topological polar surface area (TPSA) is 64.8 Å². The van der Waals surface area contributed by atoms with Crippen LogP contribution in [0.4, 0.5) is 0 Å². The van der Waals surface area contributed by atoms with Gasteiger partial charge >= 0.3 is 0 Å². The second-order valence-corrected chi connectivity index (χ2v) is 6.72. The van der Waals surface area contributed by atoms with Crippen LogP contribution in [0.5, 0.6) is 11.5 Å². The molecule has 1 aliphatic rings. The summed E-state index contributed by atoms with van der Waals surface area (Å²) in [5, 5.41) is 3.83. The van der Waals surface area contributed by atoms with Crippen molar-refractivity contribution >= 4 is 17.7 Å². The predicted molar refractivity (Wildman–Crippen MR) is 91.8 cm³/mol. The molecular weight excluding hydrogens is 328 g/mol. The molecule has 1 aliphatic heterocycles. The lowest BCUT2D eigenvalue weighted by molar-refractivity contribution is 0.0757. The summed E-state index contributed by atoms with van der Waals surface area (Å²) in [6.45, 7) is 4.24. The Morgan fingerprint density at radius 3 is 2.67 bits per heavy atom. The van der Waals surface area contributed by atoms with Crippen molar-refractivity contribution in [3.8, 4) is 11.5 Å². The normalized spacial score (nSPS) is 17.2. The fourth-order valence-electron chi connectivity index (χ4n) is 2.89. The van der Waals surface area contributed by atoms with Crippen LogP contribution in [0.15, 0.2) is 22.7 Å². The third-order valence-corrected chi connectivity index (χ3v) is 5.35. The van der Waals surface area contributed by atoms with Gasteiger partial charge in [0.1, 0.15) is 16.7 Å². The van der Waals surface area contributed by atoms with Crippen LogP contribution in [0, 0.1) is 13.8 Å². The zero-order valence-electron chi connectivity index (χ0n) is 14.2. The molecule has 1 unspecified atom stereocenters. The van der Waals surface area contributed by atoms with Gasteiger partial charge in [-0.3, -0.25) is 4.79 Å². The van der Waals surface area contributed by atoms with Gasteiger partial charge < -0.3 is 18.9 Å². The van der Waals surface area contributed by atoms with Gasteiger partial charge in [-0.15, -0.1) is 11.8 Å². The predicted octanol–water partition coefficient (Wildman–Crippen LogP) is 3.20. The van der Waals surface area contributed by atoms with E-state index in [0.29, 0.717) is 35.1 Å². The molecule has 0 N–H and O–H groups in total. The second kappa shape index (κ2) is 6.76. The van der Waals surface area contributed by atoms with Crippen molar-refractivity contribution in [2.45, 2.75) is 19.2 Å². The van der Waals surface area contributed by atoms with Gasteiger partial charge in [0.15, 0.2) is 11.5 Å². The van der Waals surface area contributed by atoms with Crippen LogP contribution in [-0.4, -0.2) is 42.5 Å². The molecule has 7 heteroatoms. The van der Waals surface area contributed by atoms with E-state index in [-0.39, 0.29) is 11.3 Å². The fourth-order valence-corrected chi connectivity index (χ4v) is 4.14. The molecule has 1 saturated heterocycles. The van der Waals surface area contributed by atoms with Gasteiger partial charge in [0.2, 0.25) is 0 Å². The maximum absolute atomic E-state index is 13.0. The Balaban J connectivity index is 1.92. The molecule has 6 nitrogen and oxygen atoms in total. The highest BCUT2D eigenvalue weighted by Crippen LogP contribution is 2.42. The number of thioether (sulfide) groups is 1. The van der Waals surface area contributed by atoms with Gasteiger partial charge in [-0.05, 0) is 31.5 Å². The highest BCUT2D eigenvalue weighted by Gasteiger charge is 2.34. The summed E-state index contributed by atoms with van der Waals surface area (Å²) in [6, 6.07) is 5.76. The van der Waals surface area contributed by atoms with Crippen LogP contribution in [0.25, 0.3) is 0 Å². The molecule has 3 rings (SSSR count). The number of benzene rings is 1. The lowest BCUT2D eigenvalue weighted by Crippen LogP contribution is -2.31. The maximum Gasteiger partial charge on any atom is 0.260 e. The molecule has 0 bridgehead atoms. The Bertz CT molecular complexity index is 740. The number of amides is 1. The monoisotopic (exact) mass is 348 g/mol. The molecule has 2 aromatic rings. The lowest BCUT2D eigenvalue weighted by Gasteiger charge is -2.24. The summed E-state index contributed by atoms with van der Waals surface area (Å²) in [7, 11) is 3.21. The lowest BCUT2D eigenvalue weighted by atomic mass is 10.1. The van der Waals surface area contributed by atoms with E-state index in [1.165, 1.54) is 0 Å². The van der Waals surface area contributed by atoms with Crippen molar-refractivity contribution in [3.63, 3.8) is 0 Å². The molecule has 1 aromatic carbocycles. The number of rotatable bonds is 4. The summed E-state index contributed by atoms with van der Waals surface area (Å²) in [4.78, 5) is 14.8. The average Bonchev–Trinajstić information content (AvgIpc) is 3.20. The Kier molecular flexibility index (Phi) is 4.71. The van der Waals surface area contributed by atoms with Crippen LogP contribution in [-0.2, 0) is 0 Å². The molecule has 24 heavy (non-hydrogen) atoms. The largest absolute Gasteiger partial charge is 0.493 e. The molecule has 1 fully saturated rings. The maximum atomic E-state index is 13.0. The van der Waals surface area contributed by atoms with E-state index in [1.807, 2.05) is 23.1 Å². The van der Waals surface area contributed by atoms with Crippen LogP contribution in [0.3, 0.4) is 0 Å². The number of ether oxygens (including phenoxy) is 2. The van der Waals surface area contributed by atoms with Gasteiger partial charge in [0, 0.05) is 12.3 Å². The smallest absolute Gasteiger partial charge is 0.260 e. The Morgan fingerprint density at radius 1 is 1.29 bits per heavy atom. The zero-order chi connectivity index (χ0) is 17.3. The van der Waals surface area contributed by atoms with Gasteiger partial charge in [-0.25, -0.2) is 0 Å². The van der Waals surface area contributed by atoms with Crippen molar-refractivity contribution in [1.29, 1.82) is 0 Å². The van der Waals surface area contributed by atoms with E-state index in [1.54, 1.807) is 39.8 Å². The Labute approximate surface area is 145 Å². The quantitative estimate of drug-likeness (QED) is 0.845. The number of methoxy groups -OCH3 is 2. The number of aromatic nitrogens is 1. The molecule has 1 atom stereocenters. The summed E-state index contributed by atoms with van der Waals surface area (Å²) in [6.07, 6.45) is 0. The third-order valence-electron chi connectivity index (χ3n) is 4.09. The number of carbonyl (C=O) groups is 1. The van der Waals surface area contributed by atoms with Crippen molar-refractivity contribution in [3.05, 3.63) is 40.8 Å². The van der Waals surface area contributed by atoms with E-state index >= 15 is 0 Å². The van der Waals surface area contributed by atoms with E-state index in [0.717, 1.165) is 11.3 Å². The SMILES string of the molecule is COc1ccc(C2SCCN2C(=O)c2c(C)noc2C)cc1OC. The first kappa shape index (κ1) is 16.7. The second-order valence-electron chi connectivity index (χ2n) is 5.54. The van der Waals surface area contributed by atoms with Crippen LogP contribution in [0.1, 0.15) is 32.7 Å². The first-order valence-electron chi connectivity index (χ1n) is 7.64. The minimum atomic E-state index is -0.0639. The summed E-state index contributed by atoms with van der Waals surface area (Å²) in [5.74, 6) is 2.73. The molecule has 2 heterocycles. The number of carbonyl (C=O) groups excluding carboxylic acids is 1. The molecule has 0 radical (unpaired) electrons. The summed E-state index contributed by atoms with van der Waals surface area (Å²) in [5.41, 5.74) is 2.19. The third kappa shape index (κ3) is 2.84. The summed E-state index contributed by atoms with van der Waals surface area (Å²) < 4.78 is 15.8. The van der Waals surface area contributed by atoms with Crippen molar-refractivity contribution < 1.29 is 18.8 Å². The zero-order valence-corrected chi connectivity index (χ0v) is 15.0. The van der Waals surface area contributed by atoms with Crippen LogP contribution < -0.4 is 9.47 Å². The van der Waals surface area contributed by atoms with Crippen molar-refractivity contribution in [2.75, 3.05) is 26.5 Å². The highest BCUT2D eigenvalue weighted by molar-refractivity contribution is 7.99. The van der Waals surface area contributed by atoms with Gasteiger partial charge in [0.05, 0.1) is 19.9 Å². The Hall–Kier alpha value is -2.15. The van der Waals surface area contributed by atoms with Crippen LogP contribution >= 0.6 is 11.8 Å². The van der Waals surface area contributed by atoms with Gasteiger partial charge in [-0.1, -0.05) is 11.2 Å². The number of hydrogen-bond acceptors (Lipinski definition) is 6. The number of aryl methyl sites for hydroxylation is 2. The summed E-state index contributed by atoms with van der Waals surface area (Å²) >= 11 is 1.73. The van der Waals surface area contributed by atoms with Crippen molar-refractivity contribution in [1.82, 2.24) is 10.1 Å². The van der Waals surface area contributed by atoms with E-state index in [2.05, 4.69) is 5.16 Å². The minimum absolute atomic E-state index is 0.0453. The van der Waals surface area contributed by atoms with E-state index < -0.39 is 0 Å². The molecule has 0 saturated carbocycles. The van der Waals surface area contributed by atoms with Crippen LogP contribution in [0.2, 0.25) is 0 Å². The first-order valence-corrected chi connectivity index (χ1v) is 8.69. The molecule has 0 spiro atoms. The number of hydrogen-bond donors (Lipinski definition) is 0. The van der Waals surface area contributed by atoms with Gasteiger partial charge in [0.25, 0.3) is 5.91 Å². The standard InChI is InChI=1S/C17H20N2O4S/c1-10-15(11(2)23-18-10)16(20)19-7-8-24-17(19)12-5-6-13(21-3)14(9-12)22-4/h5-6,9,17H,7-8H2,1-4H3. The number of nitrogens with zero attached hydrogens (tertiary/aromatic N) is 2. The van der Waals surface area contributed by atoms with E-state index in [9.17, 15) is 4.79 Å². The van der Waals surface area contributed by atoms with Gasteiger partial charge in [-0.2, -0.15) is 0 Å². The highest BCUT2D eigenvalue weighted by atomic mass is 32.2. The minimum Gasteiger partial charge on any atom is -0.493 e. The van der Waals surface area contributed by atoms with E-state index in [4.69, 9.17) is 14.0 Å². The first-order chi connectivity index (χ1) is 11.6. The average molecular weight is 348 g/mol.